The molecule has 4 nitrogen and oxygen atoms in total. The lowest BCUT2D eigenvalue weighted by Gasteiger charge is -2.05. The van der Waals surface area contributed by atoms with Crippen molar-refractivity contribution in [1.82, 2.24) is 4.40 Å². The normalized spacial score (nSPS) is 10.7. The van der Waals surface area contributed by atoms with Crippen LogP contribution in [0.1, 0.15) is 21.6 Å². The second-order valence-electron chi connectivity index (χ2n) is 5.02. The highest BCUT2D eigenvalue weighted by molar-refractivity contribution is 6.10. The quantitative estimate of drug-likeness (QED) is 0.692. The monoisotopic (exact) mass is 295 g/mol. The van der Waals surface area contributed by atoms with Gasteiger partial charge in [0.05, 0.1) is 19.7 Å². The Hall–Kier alpha value is -2.75. The smallest absolute Gasteiger partial charge is 0.210 e. The lowest BCUT2D eigenvalue weighted by Crippen LogP contribution is -2.07. The third-order valence-electron chi connectivity index (χ3n) is 3.78. The van der Waals surface area contributed by atoms with E-state index >= 15 is 0 Å². The van der Waals surface area contributed by atoms with Gasteiger partial charge in [-0.15, -0.1) is 0 Å². The van der Waals surface area contributed by atoms with Gasteiger partial charge in [0, 0.05) is 17.3 Å². The number of carbonyl (C=O) groups is 1. The van der Waals surface area contributed by atoms with Crippen LogP contribution in [0.4, 0.5) is 0 Å². The van der Waals surface area contributed by atoms with Gasteiger partial charge in [0.2, 0.25) is 5.78 Å². The van der Waals surface area contributed by atoms with E-state index in [4.69, 9.17) is 9.47 Å². The molecule has 4 heteroatoms. The van der Waals surface area contributed by atoms with Crippen molar-refractivity contribution in [3.8, 4) is 11.5 Å². The fourth-order valence-electron chi connectivity index (χ4n) is 2.74. The van der Waals surface area contributed by atoms with Crippen molar-refractivity contribution < 1.29 is 14.3 Å². The zero-order valence-corrected chi connectivity index (χ0v) is 12.8. The second kappa shape index (κ2) is 5.56. The third-order valence-corrected chi connectivity index (χ3v) is 3.78. The van der Waals surface area contributed by atoms with E-state index in [0.29, 0.717) is 17.0 Å². The molecule has 1 aromatic carbocycles. The second-order valence-corrected chi connectivity index (χ2v) is 5.02. The number of methoxy groups -OCH3 is 2. The van der Waals surface area contributed by atoms with Crippen LogP contribution in [0, 0.1) is 6.92 Å². The van der Waals surface area contributed by atoms with Gasteiger partial charge in [-0.05, 0) is 31.2 Å². The maximum absolute atomic E-state index is 12.9. The maximum atomic E-state index is 12.9. The van der Waals surface area contributed by atoms with Gasteiger partial charge in [0.15, 0.2) is 0 Å². The van der Waals surface area contributed by atoms with Crippen molar-refractivity contribution in [3.05, 3.63) is 65.5 Å². The predicted molar refractivity (Wildman–Crippen MR) is 85.1 cm³/mol. The number of benzene rings is 1. The van der Waals surface area contributed by atoms with Crippen LogP contribution in [0.5, 0.6) is 11.5 Å². The molecule has 22 heavy (non-hydrogen) atoms. The summed E-state index contributed by atoms with van der Waals surface area (Å²) in [5, 5.41) is 0. The van der Waals surface area contributed by atoms with E-state index in [-0.39, 0.29) is 5.78 Å². The molecule has 112 valence electrons. The van der Waals surface area contributed by atoms with Crippen LogP contribution in [0.15, 0.2) is 48.7 Å². The Morgan fingerprint density at radius 3 is 2.59 bits per heavy atom. The Kier molecular flexibility index (Phi) is 3.59. The fourth-order valence-corrected chi connectivity index (χ4v) is 2.74. The standard InChI is InChI=1S/C18H17NO3/c1-12-16(17(20)13-7-6-8-14(11-13)21-2)19-10-5-4-9-15(19)18(12)22-3/h4-11H,1-3H3. The summed E-state index contributed by atoms with van der Waals surface area (Å²) in [4.78, 5) is 12.9. The van der Waals surface area contributed by atoms with Crippen LogP contribution in [0.2, 0.25) is 0 Å². The number of hydrogen-bond acceptors (Lipinski definition) is 3. The summed E-state index contributed by atoms with van der Waals surface area (Å²) in [6.45, 7) is 1.90. The summed E-state index contributed by atoms with van der Waals surface area (Å²) in [6, 6.07) is 12.9. The Morgan fingerprint density at radius 2 is 1.86 bits per heavy atom. The van der Waals surface area contributed by atoms with Crippen molar-refractivity contribution in [2.24, 2.45) is 0 Å². The zero-order chi connectivity index (χ0) is 15.7. The van der Waals surface area contributed by atoms with E-state index in [0.717, 1.165) is 16.8 Å². The van der Waals surface area contributed by atoms with E-state index in [1.807, 2.05) is 47.9 Å². The number of aromatic nitrogens is 1. The first-order valence-electron chi connectivity index (χ1n) is 6.99. The topological polar surface area (TPSA) is 39.9 Å². The number of pyridine rings is 1. The summed E-state index contributed by atoms with van der Waals surface area (Å²) in [6.07, 6.45) is 1.87. The molecular weight excluding hydrogens is 278 g/mol. The molecule has 0 aliphatic carbocycles. The van der Waals surface area contributed by atoms with Gasteiger partial charge in [-0.2, -0.15) is 0 Å². The van der Waals surface area contributed by atoms with E-state index in [9.17, 15) is 4.79 Å². The Balaban J connectivity index is 2.21. The number of carbonyl (C=O) groups excluding carboxylic acids is 1. The van der Waals surface area contributed by atoms with E-state index in [2.05, 4.69) is 0 Å². The third kappa shape index (κ3) is 2.13. The first-order valence-corrected chi connectivity index (χ1v) is 6.99. The molecule has 0 saturated carbocycles. The lowest BCUT2D eigenvalue weighted by atomic mass is 10.1. The van der Waals surface area contributed by atoms with Crippen LogP contribution in [-0.4, -0.2) is 24.4 Å². The number of fused-ring (bicyclic) bond motifs is 1. The molecule has 0 spiro atoms. The molecule has 0 N–H and O–H groups in total. The van der Waals surface area contributed by atoms with Crippen LogP contribution in [-0.2, 0) is 0 Å². The molecular formula is C18H17NO3. The molecule has 2 aromatic heterocycles. The minimum Gasteiger partial charge on any atom is -0.497 e. The largest absolute Gasteiger partial charge is 0.497 e. The summed E-state index contributed by atoms with van der Waals surface area (Å²) in [5.74, 6) is 1.34. The van der Waals surface area contributed by atoms with E-state index < -0.39 is 0 Å². The highest BCUT2D eigenvalue weighted by atomic mass is 16.5. The Labute approximate surface area is 128 Å². The van der Waals surface area contributed by atoms with Crippen molar-refractivity contribution in [2.45, 2.75) is 6.92 Å². The van der Waals surface area contributed by atoms with E-state index in [1.165, 1.54) is 0 Å². The van der Waals surface area contributed by atoms with Crippen molar-refractivity contribution in [2.75, 3.05) is 14.2 Å². The number of ketones is 1. The molecule has 3 aromatic rings. The minimum absolute atomic E-state index is 0.0547. The van der Waals surface area contributed by atoms with Crippen molar-refractivity contribution in [1.29, 1.82) is 0 Å². The zero-order valence-electron chi connectivity index (χ0n) is 12.8. The predicted octanol–water partition coefficient (Wildman–Crippen LogP) is 3.50. The maximum Gasteiger partial charge on any atom is 0.210 e. The van der Waals surface area contributed by atoms with Gasteiger partial charge < -0.3 is 13.9 Å². The first kappa shape index (κ1) is 14.2. The molecule has 0 unspecified atom stereocenters. The average Bonchev–Trinajstić information content (AvgIpc) is 2.85. The summed E-state index contributed by atoms with van der Waals surface area (Å²) < 4.78 is 12.5. The molecule has 0 saturated heterocycles. The first-order chi connectivity index (χ1) is 10.7. The highest BCUT2D eigenvalue weighted by Crippen LogP contribution is 2.31. The summed E-state index contributed by atoms with van der Waals surface area (Å²) >= 11 is 0. The molecule has 3 rings (SSSR count). The molecule has 0 aliphatic rings. The molecule has 0 bridgehead atoms. The Morgan fingerprint density at radius 1 is 1.05 bits per heavy atom. The van der Waals surface area contributed by atoms with Crippen LogP contribution < -0.4 is 9.47 Å². The summed E-state index contributed by atoms with van der Waals surface area (Å²) in [7, 11) is 3.21. The summed E-state index contributed by atoms with van der Waals surface area (Å²) in [5.41, 5.74) is 2.92. The molecule has 0 radical (unpaired) electrons. The van der Waals surface area contributed by atoms with E-state index in [1.54, 1.807) is 26.4 Å². The van der Waals surface area contributed by atoms with Crippen LogP contribution in [0.25, 0.3) is 5.52 Å². The van der Waals surface area contributed by atoms with Gasteiger partial charge in [-0.1, -0.05) is 18.2 Å². The van der Waals surface area contributed by atoms with Crippen molar-refractivity contribution in [3.63, 3.8) is 0 Å². The molecule has 0 fully saturated rings. The van der Waals surface area contributed by atoms with Crippen LogP contribution in [0.3, 0.4) is 0 Å². The number of nitrogens with zero attached hydrogens (tertiary/aromatic N) is 1. The van der Waals surface area contributed by atoms with Gasteiger partial charge in [-0.25, -0.2) is 0 Å². The number of ether oxygens (including phenoxy) is 2. The highest BCUT2D eigenvalue weighted by Gasteiger charge is 2.22. The molecule has 0 atom stereocenters. The van der Waals surface area contributed by atoms with Gasteiger partial charge in [0.1, 0.15) is 17.2 Å². The van der Waals surface area contributed by atoms with Crippen molar-refractivity contribution >= 4 is 11.3 Å². The van der Waals surface area contributed by atoms with Gasteiger partial charge >= 0.3 is 0 Å². The number of hydrogen-bond donors (Lipinski definition) is 0. The average molecular weight is 295 g/mol. The van der Waals surface area contributed by atoms with Gasteiger partial charge in [0.25, 0.3) is 0 Å². The molecule has 2 heterocycles. The SMILES string of the molecule is COc1cccc(C(=O)c2c(C)c(OC)c3ccccn23)c1. The molecule has 0 aliphatic heterocycles. The minimum atomic E-state index is -0.0547. The molecule has 0 amide bonds. The number of rotatable bonds is 4. The van der Waals surface area contributed by atoms with Crippen LogP contribution >= 0.6 is 0 Å². The van der Waals surface area contributed by atoms with Gasteiger partial charge in [-0.3, -0.25) is 4.79 Å². The lowest BCUT2D eigenvalue weighted by molar-refractivity contribution is 0.103. The Bertz CT molecular complexity index is 849. The fraction of sp³-hybridized carbons (Fsp3) is 0.167.